The van der Waals surface area contributed by atoms with Crippen molar-refractivity contribution in [3.8, 4) is 0 Å². The number of thioether (sulfide) groups is 1. The molecule has 104 valence electrons. The Labute approximate surface area is 146 Å². The van der Waals surface area contributed by atoms with Gasteiger partial charge in [0.05, 0.1) is 10.6 Å². The van der Waals surface area contributed by atoms with E-state index in [4.69, 9.17) is 12.2 Å². The van der Waals surface area contributed by atoms with E-state index in [0.717, 1.165) is 14.8 Å². The Morgan fingerprint density at radius 2 is 1.86 bits per heavy atom. The summed E-state index contributed by atoms with van der Waals surface area (Å²) >= 11 is 8.95. The summed E-state index contributed by atoms with van der Waals surface area (Å²) in [7, 11) is 0. The minimum absolute atomic E-state index is 0.0601. The van der Waals surface area contributed by atoms with Crippen molar-refractivity contribution in [2.24, 2.45) is 0 Å². The number of anilines is 1. The highest BCUT2D eigenvalue weighted by atomic mass is 127. The van der Waals surface area contributed by atoms with Crippen LogP contribution < -0.4 is 4.90 Å². The first-order valence-corrected chi connectivity index (χ1v) is 8.54. The number of carbonyl (C=O) groups is 1. The first-order chi connectivity index (χ1) is 10.1. The molecule has 1 aliphatic heterocycles. The number of benzene rings is 2. The molecule has 0 spiro atoms. The minimum atomic E-state index is -0.0601. The number of nitrogens with zero attached hydrogens (tertiary/aromatic N) is 1. The first kappa shape index (κ1) is 14.7. The highest BCUT2D eigenvalue weighted by Gasteiger charge is 2.33. The van der Waals surface area contributed by atoms with Crippen molar-refractivity contribution in [2.75, 3.05) is 4.90 Å². The zero-order valence-electron chi connectivity index (χ0n) is 10.8. The molecular weight excluding hydrogens is 413 g/mol. The van der Waals surface area contributed by atoms with Gasteiger partial charge in [0.2, 0.25) is 0 Å². The first-order valence-electron chi connectivity index (χ1n) is 6.24. The number of thiocarbonyl (C=S) groups is 1. The lowest BCUT2D eigenvalue weighted by molar-refractivity contribution is -0.113. The summed E-state index contributed by atoms with van der Waals surface area (Å²) in [6.45, 7) is 0. The lowest BCUT2D eigenvalue weighted by atomic mass is 10.2. The smallest absolute Gasteiger partial charge is 0.268 e. The van der Waals surface area contributed by atoms with Crippen LogP contribution in [0, 0.1) is 3.57 Å². The standard InChI is InChI=1S/C16H10INOS2/c17-12-6-4-5-11(9-12)10-14-15(19)18(16(20)21-14)13-7-2-1-3-8-13/h1-10H/b14-10-. The van der Waals surface area contributed by atoms with Crippen LogP contribution in [0.2, 0.25) is 0 Å². The highest BCUT2D eigenvalue weighted by Crippen LogP contribution is 2.35. The molecule has 1 aliphatic rings. The molecule has 1 saturated heterocycles. The molecule has 2 aromatic carbocycles. The SMILES string of the molecule is O=C1/C(=C/c2cccc(I)c2)SC(=S)N1c1ccccc1. The third-order valence-corrected chi connectivity index (χ3v) is 4.93. The van der Waals surface area contributed by atoms with E-state index < -0.39 is 0 Å². The Morgan fingerprint density at radius 1 is 1.10 bits per heavy atom. The zero-order valence-corrected chi connectivity index (χ0v) is 14.6. The largest absolute Gasteiger partial charge is 0.270 e. The molecule has 2 aromatic rings. The zero-order chi connectivity index (χ0) is 14.8. The Kier molecular flexibility index (Phi) is 4.42. The molecule has 1 fully saturated rings. The Balaban J connectivity index is 1.94. The summed E-state index contributed by atoms with van der Waals surface area (Å²) in [5.41, 5.74) is 1.82. The predicted molar refractivity (Wildman–Crippen MR) is 101 cm³/mol. The fourth-order valence-corrected chi connectivity index (χ4v) is 3.88. The molecule has 0 atom stereocenters. The van der Waals surface area contributed by atoms with Crippen LogP contribution in [-0.4, -0.2) is 10.2 Å². The van der Waals surface area contributed by atoms with E-state index in [2.05, 4.69) is 22.6 Å². The van der Waals surface area contributed by atoms with Crippen LogP contribution in [0.15, 0.2) is 59.5 Å². The molecule has 0 saturated carbocycles. The quantitative estimate of drug-likeness (QED) is 0.397. The van der Waals surface area contributed by atoms with E-state index in [1.165, 1.54) is 11.8 Å². The maximum Gasteiger partial charge on any atom is 0.270 e. The van der Waals surface area contributed by atoms with Gasteiger partial charge in [0.1, 0.15) is 0 Å². The van der Waals surface area contributed by atoms with Gasteiger partial charge in [0, 0.05) is 3.57 Å². The minimum Gasteiger partial charge on any atom is -0.268 e. The van der Waals surface area contributed by atoms with Gasteiger partial charge in [-0.2, -0.15) is 0 Å². The average Bonchev–Trinajstić information content (AvgIpc) is 2.74. The van der Waals surface area contributed by atoms with Crippen LogP contribution >= 0.6 is 46.6 Å². The second kappa shape index (κ2) is 6.29. The molecule has 5 heteroatoms. The number of para-hydroxylation sites is 1. The van der Waals surface area contributed by atoms with Crippen molar-refractivity contribution < 1.29 is 4.79 Å². The third-order valence-electron chi connectivity index (χ3n) is 2.95. The van der Waals surface area contributed by atoms with Gasteiger partial charge in [0.25, 0.3) is 5.91 Å². The van der Waals surface area contributed by atoms with Crippen LogP contribution in [-0.2, 0) is 4.79 Å². The topological polar surface area (TPSA) is 20.3 Å². The fourth-order valence-electron chi connectivity index (χ4n) is 2.02. The number of halogens is 1. The van der Waals surface area contributed by atoms with Gasteiger partial charge in [0.15, 0.2) is 4.32 Å². The lowest BCUT2D eigenvalue weighted by Gasteiger charge is -2.13. The molecule has 0 unspecified atom stereocenters. The summed E-state index contributed by atoms with van der Waals surface area (Å²) in [4.78, 5) is 14.8. The molecule has 3 rings (SSSR count). The second-order valence-electron chi connectivity index (χ2n) is 4.41. The van der Waals surface area contributed by atoms with E-state index in [-0.39, 0.29) is 5.91 Å². The molecule has 21 heavy (non-hydrogen) atoms. The molecule has 0 bridgehead atoms. The number of hydrogen-bond donors (Lipinski definition) is 0. The van der Waals surface area contributed by atoms with Gasteiger partial charge in [-0.25, -0.2) is 0 Å². The van der Waals surface area contributed by atoms with E-state index >= 15 is 0 Å². The van der Waals surface area contributed by atoms with Gasteiger partial charge >= 0.3 is 0 Å². The number of hydrogen-bond acceptors (Lipinski definition) is 3. The van der Waals surface area contributed by atoms with Gasteiger partial charge in [-0.15, -0.1) is 0 Å². The Bertz CT molecular complexity index is 743. The summed E-state index contributed by atoms with van der Waals surface area (Å²) < 4.78 is 1.71. The highest BCUT2D eigenvalue weighted by molar-refractivity contribution is 14.1. The molecule has 1 amide bonds. The van der Waals surface area contributed by atoms with Gasteiger partial charge < -0.3 is 0 Å². The summed E-state index contributed by atoms with van der Waals surface area (Å²) in [5, 5.41) is 0. The predicted octanol–water partition coefficient (Wildman–Crippen LogP) is 4.70. The van der Waals surface area contributed by atoms with Crippen LogP contribution in [0.4, 0.5) is 5.69 Å². The van der Waals surface area contributed by atoms with Crippen molar-refractivity contribution >= 4 is 68.6 Å². The van der Waals surface area contributed by atoms with Crippen molar-refractivity contribution in [3.63, 3.8) is 0 Å². The molecule has 1 heterocycles. The van der Waals surface area contributed by atoms with Crippen molar-refractivity contribution in [3.05, 3.63) is 68.6 Å². The fraction of sp³-hybridized carbons (Fsp3) is 0. The van der Waals surface area contributed by atoms with Gasteiger partial charge in [-0.05, 0) is 58.5 Å². The van der Waals surface area contributed by atoms with Crippen molar-refractivity contribution in [1.29, 1.82) is 0 Å². The molecule has 0 aromatic heterocycles. The van der Waals surface area contributed by atoms with E-state index in [1.54, 1.807) is 4.90 Å². The maximum atomic E-state index is 12.6. The normalized spacial score (nSPS) is 16.8. The van der Waals surface area contributed by atoms with Crippen molar-refractivity contribution in [2.45, 2.75) is 0 Å². The van der Waals surface area contributed by atoms with E-state index in [9.17, 15) is 4.79 Å². The Hall–Kier alpha value is -1.18. The van der Waals surface area contributed by atoms with Crippen LogP contribution in [0.5, 0.6) is 0 Å². The van der Waals surface area contributed by atoms with Crippen molar-refractivity contribution in [1.82, 2.24) is 0 Å². The van der Waals surface area contributed by atoms with Crippen LogP contribution in [0.25, 0.3) is 6.08 Å². The summed E-state index contributed by atoms with van der Waals surface area (Å²) in [5.74, 6) is -0.0601. The van der Waals surface area contributed by atoms with Gasteiger partial charge in [-0.1, -0.05) is 54.3 Å². The number of rotatable bonds is 2. The number of carbonyl (C=O) groups excluding carboxylic acids is 1. The Morgan fingerprint density at radius 3 is 2.57 bits per heavy atom. The summed E-state index contributed by atoms with van der Waals surface area (Å²) in [6.07, 6.45) is 1.89. The molecule has 0 aliphatic carbocycles. The molecule has 0 radical (unpaired) electrons. The monoisotopic (exact) mass is 423 g/mol. The van der Waals surface area contributed by atoms with Gasteiger partial charge in [-0.3, -0.25) is 9.69 Å². The average molecular weight is 423 g/mol. The number of amides is 1. The third kappa shape index (κ3) is 3.20. The van der Waals surface area contributed by atoms with Crippen LogP contribution in [0.3, 0.4) is 0 Å². The summed E-state index contributed by atoms with van der Waals surface area (Å²) in [6, 6.07) is 17.5. The molecule has 0 N–H and O–H groups in total. The second-order valence-corrected chi connectivity index (χ2v) is 7.33. The lowest BCUT2D eigenvalue weighted by Crippen LogP contribution is -2.27. The van der Waals surface area contributed by atoms with E-state index in [1.807, 2.05) is 60.7 Å². The van der Waals surface area contributed by atoms with Crippen LogP contribution in [0.1, 0.15) is 5.56 Å². The van der Waals surface area contributed by atoms with E-state index in [0.29, 0.717) is 9.23 Å². The molecule has 2 nitrogen and oxygen atoms in total. The molecular formula is C16H10INOS2. The maximum absolute atomic E-state index is 12.6.